The molecule has 5 heteroatoms. The van der Waals surface area contributed by atoms with Crippen LogP contribution >= 0.6 is 0 Å². The molecule has 0 bridgehead atoms. The van der Waals surface area contributed by atoms with Crippen molar-refractivity contribution in [2.75, 3.05) is 13.2 Å². The molecule has 3 rings (SSSR count). The van der Waals surface area contributed by atoms with Crippen molar-refractivity contribution in [3.8, 4) is 11.3 Å². The molecular formula is C19H19FN2O2. The molecule has 0 aliphatic rings. The van der Waals surface area contributed by atoms with Gasteiger partial charge in [-0.3, -0.25) is 4.90 Å². The van der Waals surface area contributed by atoms with Crippen molar-refractivity contribution in [3.63, 3.8) is 0 Å². The number of halogens is 1. The van der Waals surface area contributed by atoms with Gasteiger partial charge in [-0.05, 0) is 29.8 Å². The van der Waals surface area contributed by atoms with Gasteiger partial charge < -0.3 is 9.52 Å². The lowest BCUT2D eigenvalue weighted by Gasteiger charge is -2.19. The van der Waals surface area contributed by atoms with E-state index in [1.807, 2.05) is 30.3 Å². The van der Waals surface area contributed by atoms with Crippen LogP contribution in [0.2, 0.25) is 0 Å². The lowest BCUT2D eigenvalue weighted by atomic mass is 10.2. The molecule has 3 aromatic rings. The Morgan fingerprint density at radius 3 is 2.46 bits per heavy atom. The molecule has 0 unspecified atom stereocenters. The first kappa shape index (κ1) is 16.4. The summed E-state index contributed by atoms with van der Waals surface area (Å²) in [6.45, 7) is 1.80. The zero-order valence-electron chi connectivity index (χ0n) is 13.2. The number of aliphatic hydroxyl groups excluding tert-OH is 1. The quantitative estimate of drug-likeness (QED) is 0.722. The smallest absolute Gasteiger partial charge is 0.209 e. The molecule has 1 aromatic heterocycles. The monoisotopic (exact) mass is 326 g/mol. The van der Waals surface area contributed by atoms with Gasteiger partial charge in [0.05, 0.1) is 19.3 Å². The number of hydrogen-bond acceptors (Lipinski definition) is 4. The number of oxazole rings is 1. The van der Waals surface area contributed by atoms with E-state index in [1.54, 1.807) is 18.3 Å². The molecule has 0 aliphatic carbocycles. The average molecular weight is 326 g/mol. The van der Waals surface area contributed by atoms with E-state index < -0.39 is 0 Å². The third-order valence-electron chi connectivity index (χ3n) is 3.71. The minimum absolute atomic E-state index is 0.0678. The maximum absolute atomic E-state index is 13.0. The molecule has 0 saturated heterocycles. The van der Waals surface area contributed by atoms with Crippen molar-refractivity contribution in [1.29, 1.82) is 0 Å². The van der Waals surface area contributed by atoms with Crippen molar-refractivity contribution in [3.05, 3.63) is 78.1 Å². The number of aliphatic hydroxyl groups is 1. The molecule has 0 amide bonds. The maximum atomic E-state index is 13.0. The molecule has 0 spiro atoms. The first-order chi connectivity index (χ1) is 11.7. The van der Waals surface area contributed by atoms with Crippen LogP contribution in [0.15, 0.2) is 65.2 Å². The van der Waals surface area contributed by atoms with E-state index in [0.717, 1.165) is 11.1 Å². The SMILES string of the molecule is OCCN(Cc1ccccc1)Cc1ncc(-c2ccc(F)cc2)o1. The van der Waals surface area contributed by atoms with Gasteiger partial charge in [0.2, 0.25) is 5.89 Å². The Morgan fingerprint density at radius 1 is 1.00 bits per heavy atom. The fourth-order valence-electron chi connectivity index (χ4n) is 2.52. The summed E-state index contributed by atoms with van der Waals surface area (Å²) in [5, 5.41) is 9.27. The standard InChI is InChI=1S/C19H19FN2O2/c20-17-8-6-16(7-9-17)18-12-21-19(24-18)14-22(10-11-23)13-15-4-2-1-3-5-15/h1-9,12,23H,10-11,13-14H2. The van der Waals surface area contributed by atoms with Crippen LogP contribution in [0.1, 0.15) is 11.5 Å². The van der Waals surface area contributed by atoms with Gasteiger partial charge in [-0.2, -0.15) is 0 Å². The molecule has 0 fully saturated rings. The van der Waals surface area contributed by atoms with Crippen LogP contribution in [0, 0.1) is 5.82 Å². The lowest BCUT2D eigenvalue weighted by Crippen LogP contribution is -2.26. The number of rotatable bonds is 7. The Hall–Kier alpha value is -2.50. The number of hydrogen-bond donors (Lipinski definition) is 1. The summed E-state index contributed by atoms with van der Waals surface area (Å²) in [7, 11) is 0. The highest BCUT2D eigenvalue weighted by molar-refractivity contribution is 5.55. The predicted molar refractivity (Wildman–Crippen MR) is 89.5 cm³/mol. The normalized spacial score (nSPS) is 11.1. The Kier molecular flexibility index (Phi) is 5.36. The zero-order valence-corrected chi connectivity index (χ0v) is 13.2. The fourth-order valence-corrected chi connectivity index (χ4v) is 2.52. The minimum atomic E-state index is -0.282. The predicted octanol–water partition coefficient (Wildman–Crippen LogP) is 3.48. The van der Waals surface area contributed by atoms with E-state index in [1.165, 1.54) is 12.1 Å². The van der Waals surface area contributed by atoms with Crippen LogP contribution < -0.4 is 0 Å². The van der Waals surface area contributed by atoms with Crippen molar-refractivity contribution in [2.45, 2.75) is 13.1 Å². The van der Waals surface area contributed by atoms with E-state index >= 15 is 0 Å². The highest BCUT2D eigenvalue weighted by Gasteiger charge is 2.12. The summed E-state index contributed by atoms with van der Waals surface area (Å²) in [5.41, 5.74) is 1.95. The van der Waals surface area contributed by atoms with E-state index in [0.29, 0.717) is 31.3 Å². The molecule has 1 N–H and O–H groups in total. The molecule has 0 radical (unpaired) electrons. The molecule has 0 atom stereocenters. The summed E-state index contributed by atoms with van der Waals surface area (Å²) in [4.78, 5) is 6.36. The summed E-state index contributed by atoms with van der Waals surface area (Å²) in [6.07, 6.45) is 1.64. The van der Waals surface area contributed by atoms with Gasteiger partial charge in [0, 0.05) is 18.7 Å². The highest BCUT2D eigenvalue weighted by Crippen LogP contribution is 2.21. The molecule has 0 saturated carbocycles. The molecule has 0 aliphatic heterocycles. The van der Waals surface area contributed by atoms with Crippen molar-refractivity contribution in [2.24, 2.45) is 0 Å². The summed E-state index contributed by atoms with van der Waals surface area (Å²) < 4.78 is 18.8. The second kappa shape index (κ2) is 7.86. The van der Waals surface area contributed by atoms with E-state index in [-0.39, 0.29) is 12.4 Å². The van der Waals surface area contributed by atoms with Gasteiger partial charge in [-0.25, -0.2) is 9.37 Å². The fraction of sp³-hybridized carbons (Fsp3) is 0.211. The van der Waals surface area contributed by atoms with Crippen molar-refractivity contribution < 1.29 is 13.9 Å². The van der Waals surface area contributed by atoms with Crippen LogP contribution in [0.25, 0.3) is 11.3 Å². The molecular weight excluding hydrogens is 307 g/mol. The lowest BCUT2D eigenvalue weighted by molar-refractivity contribution is 0.173. The van der Waals surface area contributed by atoms with E-state index in [4.69, 9.17) is 4.42 Å². The second-order valence-corrected chi connectivity index (χ2v) is 5.55. The third kappa shape index (κ3) is 4.28. The summed E-state index contributed by atoms with van der Waals surface area (Å²) >= 11 is 0. The van der Waals surface area contributed by atoms with Gasteiger partial charge in [-0.1, -0.05) is 30.3 Å². The molecule has 2 aromatic carbocycles. The Labute approximate surface area is 140 Å². The first-order valence-corrected chi connectivity index (χ1v) is 7.82. The second-order valence-electron chi connectivity index (χ2n) is 5.55. The van der Waals surface area contributed by atoms with Gasteiger partial charge in [0.1, 0.15) is 5.82 Å². The van der Waals surface area contributed by atoms with Crippen LogP contribution in [0.5, 0.6) is 0 Å². The number of aromatic nitrogens is 1. The van der Waals surface area contributed by atoms with Crippen LogP contribution in [0.3, 0.4) is 0 Å². The van der Waals surface area contributed by atoms with E-state index in [2.05, 4.69) is 9.88 Å². The number of benzene rings is 2. The van der Waals surface area contributed by atoms with Gasteiger partial charge >= 0.3 is 0 Å². The number of nitrogens with zero attached hydrogens (tertiary/aromatic N) is 2. The molecule has 1 heterocycles. The first-order valence-electron chi connectivity index (χ1n) is 7.82. The van der Waals surface area contributed by atoms with Gasteiger partial charge in [0.25, 0.3) is 0 Å². The van der Waals surface area contributed by atoms with Crippen molar-refractivity contribution >= 4 is 0 Å². The maximum Gasteiger partial charge on any atom is 0.209 e. The Morgan fingerprint density at radius 2 is 1.75 bits per heavy atom. The highest BCUT2D eigenvalue weighted by atomic mass is 19.1. The molecule has 4 nitrogen and oxygen atoms in total. The average Bonchev–Trinajstić information content (AvgIpc) is 3.05. The summed E-state index contributed by atoms with van der Waals surface area (Å²) in [5.74, 6) is 0.892. The summed E-state index contributed by atoms with van der Waals surface area (Å²) in [6, 6.07) is 16.2. The van der Waals surface area contributed by atoms with Crippen LogP contribution in [-0.2, 0) is 13.1 Å². The minimum Gasteiger partial charge on any atom is -0.439 e. The molecule has 24 heavy (non-hydrogen) atoms. The topological polar surface area (TPSA) is 49.5 Å². The van der Waals surface area contributed by atoms with Gasteiger partial charge in [-0.15, -0.1) is 0 Å². The van der Waals surface area contributed by atoms with Crippen LogP contribution in [0.4, 0.5) is 4.39 Å². The van der Waals surface area contributed by atoms with E-state index in [9.17, 15) is 9.50 Å². The van der Waals surface area contributed by atoms with Gasteiger partial charge in [0.15, 0.2) is 5.76 Å². The van der Waals surface area contributed by atoms with Crippen molar-refractivity contribution in [1.82, 2.24) is 9.88 Å². The Balaban J connectivity index is 1.70. The Bertz CT molecular complexity index is 757. The zero-order chi connectivity index (χ0) is 16.8. The molecule has 124 valence electrons. The largest absolute Gasteiger partial charge is 0.439 e. The van der Waals surface area contributed by atoms with Crippen LogP contribution in [-0.4, -0.2) is 28.1 Å². The third-order valence-corrected chi connectivity index (χ3v) is 3.71.